The third-order valence-corrected chi connectivity index (χ3v) is 5.44. The van der Waals surface area contributed by atoms with E-state index in [9.17, 15) is 22.8 Å². The number of amidine groups is 2. The number of carbonyl (C=O) groups excluding carboxylic acids is 2. The number of alkyl halides is 3. The summed E-state index contributed by atoms with van der Waals surface area (Å²) in [7, 11) is 0. The second-order valence-corrected chi connectivity index (χ2v) is 7.54. The Hall–Kier alpha value is -3.14. The number of fused-ring (bicyclic) bond motifs is 3. The molecule has 2 aromatic rings. The number of benzene rings is 2. The molecule has 0 spiro atoms. The maximum Gasteiger partial charge on any atom is 0.418 e. The summed E-state index contributed by atoms with van der Waals surface area (Å²) in [6.45, 7) is 1.67. The maximum atomic E-state index is 13.1. The second-order valence-electron chi connectivity index (χ2n) is 6.59. The minimum Gasteiger partial charge on any atom is -0.325 e. The average Bonchev–Trinajstić information content (AvgIpc) is 3.01. The number of halogens is 3. The zero-order valence-corrected chi connectivity index (χ0v) is 16.4. The van der Waals surface area contributed by atoms with Crippen molar-refractivity contribution >= 4 is 46.0 Å². The van der Waals surface area contributed by atoms with Crippen LogP contribution in [0.4, 0.5) is 24.5 Å². The molecular formula is C20H15F3N4O2S. The smallest absolute Gasteiger partial charge is 0.325 e. The van der Waals surface area contributed by atoms with Crippen molar-refractivity contribution in [3.8, 4) is 0 Å². The Kier molecular flexibility index (Phi) is 5.10. The highest BCUT2D eigenvalue weighted by Gasteiger charge is 2.39. The Labute approximate surface area is 173 Å². The van der Waals surface area contributed by atoms with Crippen LogP contribution in [0.3, 0.4) is 0 Å². The summed E-state index contributed by atoms with van der Waals surface area (Å²) in [5.74, 6) is -0.674. The average molecular weight is 432 g/mol. The Bertz CT molecular complexity index is 1100. The van der Waals surface area contributed by atoms with Crippen LogP contribution in [0.25, 0.3) is 0 Å². The van der Waals surface area contributed by atoms with Crippen LogP contribution in [0.15, 0.2) is 58.5 Å². The number of carbonyl (C=O) groups is 2. The van der Waals surface area contributed by atoms with Crippen molar-refractivity contribution in [2.45, 2.75) is 19.1 Å². The van der Waals surface area contributed by atoms with Crippen molar-refractivity contribution in [1.82, 2.24) is 4.90 Å². The molecule has 0 unspecified atom stereocenters. The van der Waals surface area contributed by atoms with Crippen LogP contribution in [-0.4, -0.2) is 39.5 Å². The van der Waals surface area contributed by atoms with Crippen LogP contribution in [0.2, 0.25) is 0 Å². The van der Waals surface area contributed by atoms with Crippen molar-refractivity contribution in [3.05, 3.63) is 59.7 Å². The molecule has 0 bridgehead atoms. The van der Waals surface area contributed by atoms with Gasteiger partial charge in [-0.2, -0.15) is 13.2 Å². The zero-order valence-electron chi connectivity index (χ0n) is 15.6. The molecule has 1 atom stereocenters. The fraction of sp³-hybridized carbons (Fsp3) is 0.200. The van der Waals surface area contributed by atoms with Crippen molar-refractivity contribution in [1.29, 1.82) is 0 Å². The molecule has 0 fully saturated rings. The van der Waals surface area contributed by atoms with E-state index in [0.717, 1.165) is 17.8 Å². The number of thioether (sulfide) groups is 1. The summed E-state index contributed by atoms with van der Waals surface area (Å²) in [4.78, 5) is 35.1. The van der Waals surface area contributed by atoms with Gasteiger partial charge in [0.05, 0.1) is 22.7 Å². The molecule has 0 saturated carbocycles. The van der Waals surface area contributed by atoms with Gasteiger partial charge in [0.1, 0.15) is 11.9 Å². The lowest BCUT2D eigenvalue weighted by atomic mass is 10.1. The first-order chi connectivity index (χ1) is 14.3. The van der Waals surface area contributed by atoms with E-state index in [1.54, 1.807) is 25.1 Å². The summed E-state index contributed by atoms with van der Waals surface area (Å²) < 4.78 is 39.3. The summed E-state index contributed by atoms with van der Waals surface area (Å²) in [6.07, 6.45) is -4.59. The molecule has 2 aromatic carbocycles. The van der Waals surface area contributed by atoms with Crippen LogP contribution in [0.1, 0.15) is 18.1 Å². The normalized spacial score (nSPS) is 17.8. The molecule has 0 saturated heterocycles. The van der Waals surface area contributed by atoms with Crippen molar-refractivity contribution in [2.75, 3.05) is 11.1 Å². The number of aliphatic imine (C=N–C) groups is 2. The Morgan fingerprint density at radius 3 is 2.63 bits per heavy atom. The zero-order chi connectivity index (χ0) is 21.5. The van der Waals surface area contributed by atoms with Crippen LogP contribution in [0.5, 0.6) is 0 Å². The van der Waals surface area contributed by atoms with Gasteiger partial charge in [-0.1, -0.05) is 36.0 Å². The van der Waals surface area contributed by atoms with E-state index in [2.05, 4.69) is 15.3 Å². The lowest BCUT2D eigenvalue weighted by Crippen LogP contribution is -2.41. The molecule has 0 aliphatic carbocycles. The Morgan fingerprint density at radius 1 is 1.17 bits per heavy atom. The van der Waals surface area contributed by atoms with E-state index >= 15 is 0 Å². The number of amides is 2. The summed E-state index contributed by atoms with van der Waals surface area (Å²) >= 11 is 0.965. The molecular weight excluding hydrogens is 417 g/mol. The second kappa shape index (κ2) is 7.60. The van der Waals surface area contributed by atoms with Gasteiger partial charge in [0.2, 0.25) is 5.91 Å². The molecule has 10 heteroatoms. The third kappa shape index (κ3) is 3.70. The number of hydrogen-bond acceptors (Lipinski definition) is 5. The standard InChI is InChI=1S/C20H15F3N4O2S/c1-11-18(29)27-17(24-11)12-6-2-4-8-14(12)26-19(27)30-10-16(28)25-15-9-5-3-7-13(15)20(21,22)23/h2-9,11H,10H2,1H3,(H,25,28)/t11-/m1/s1. The van der Waals surface area contributed by atoms with E-state index < -0.39 is 23.7 Å². The van der Waals surface area contributed by atoms with Gasteiger partial charge in [0, 0.05) is 5.56 Å². The number of para-hydroxylation sites is 2. The number of anilines is 1. The van der Waals surface area contributed by atoms with E-state index in [0.29, 0.717) is 17.1 Å². The quantitative estimate of drug-likeness (QED) is 0.795. The van der Waals surface area contributed by atoms with Crippen LogP contribution < -0.4 is 5.32 Å². The van der Waals surface area contributed by atoms with E-state index in [1.165, 1.54) is 23.1 Å². The Balaban J connectivity index is 1.53. The van der Waals surface area contributed by atoms with E-state index in [1.807, 2.05) is 6.07 Å². The van der Waals surface area contributed by atoms with E-state index in [-0.39, 0.29) is 22.5 Å². The first-order valence-corrected chi connectivity index (χ1v) is 9.93. The molecule has 6 nitrogen and oxygen atoms in total. The predicted molar refractivity (Wildman–Crippen MR) is 109 cm³/mol. The first-order valence-electron chi connectivity index (χ1n) is 8.94. The summed E-state index contributed by atoms with van der Waals surface area (Å²) in [6, 6.07) is 11.4. The van der Waals surface area contributed by atoms with Crippen molar-refractivity contribution in [2.24, 2.45) is 9.98 Å². The molecule has 2 aliphatic heterocycles. The predicted octanol–water partition coefficient (Wildman–Crippen LogP) is 4.06. The largest absolute Gasteiger partial charge is 0.418 e. The molecule has 0 radical (unpaired) electrons. The number of hydrogen-bond donors (Lipinski definition) is 1. The monoisotopic (exact) mass is 432 g/mol. The fourth-order valence-electron chi connectivity index (χ4n) is 3.13. The molecule has 154 valence electrons. The van der Waals surface area contributed by atoms with Crippen molar-refractivity contribution < 1.29 is 22.8 Å². The van der Waals surface area contributed by atoms with Crippen molar-refractivity contribution in [3.63, 3.8) is 0 Å². The van der Waals surface area contributed by atoms with Gasteiger partial charge < -0.3 is 5.32 Å². The molecule has 0 aromatic heterocycles. The molecule has 1 N–H and O–H groups in total. The van der Waals surface area contributed by atoms with Crippen LogP contribution in [-0.2, 0) is 15.8 Å². The van der Waals surface area contributed by atoms with Gasteiger partial charge in [-0.25, -0.2) is 9.89 Å². The third-order valence-electron chi connectivity index (χ3n) is 4.50. The highest BCUT2D eigenvalue weighted by atomic mass is 32.2. The fourth-order valence-corrected chi connectivity index (χ4v) is 3.93. The van der Waals surface area contributed by atoms with Gasteiger partial charge in [0.15, 0.2) is 5.17 Å². The summed E-state index contributed by atoms with van der Waals surface area (Å²) in [5.41, 5.74) is 0.0766. The molecule has 2 heterocycles. The van der Waals surface area contributed by atoms with Gasteiger partial charge in [0.25, 0.3) is 5.91 Å². The SMILES string of the molecule is C[C@H]1N=C2c3ccccc3N=C(SCC(=O)Nc3ccccc3C(F)(F)F)N2C1=O. The summed E-state index contributed by atoms with van der Waals surface area (Å²) in [5, 5.41) is 2.55. The molecule has 2 aliphatic rings. The van der Waals surface area contributed by atoms with Gasteiger partial charge in [-0.15, -0.1) is 0 Å². The topological polar surface area (TPSA) is 74.1 Å². The molecule has 2 amide bonds. The Morgan fingerprint density at radius 2 is 1.87 bits per heavy atom. The number of nitrogens with one attached hydrogen (secondary N) is 1. The van der Waals surface area contributed by atoms with Crippen LogP contribution >= 0.6 is 11.8 Å². The van der Waals surface area contributed by atoms with Gasteiger partial charge >= 0.3 is 6.18 Å². The maximum absolute atomic E-state index is 13.1. The first kappa shape index (κ1) is 20.1. The highest BCUT2D eigenvalue weighted by molar-refractivity contribution is 8.14. The van der Waals surface area contributed by atoms with E-state index in [4.69, 9.17) is 0 Å². The minimum atomic E-state index is -4.59. The lowest BCUT2D eigenvalue weighted by Gasteiger charge is -2.25. The lowest BCUT2D eigenvalue weighted by molar-refractivity contribution is -0.137. The van der Waals surface area contributed by atoms with Gasteiger partial charge in [-0.05, 0) is 31.2 Å². The van der Waals surface area contributed by atoms with Crippen LogP contribution in [0, 0.1) is 0 Å². The number of rotatable bonds is 3. The number of nitrogens with zero attached hydrogens (tertiary/aromatic N) is 3. The highest BCUT2D eigenvalue weighted by Crippen LogP contribution is 2.35. The minimum absolute atomic E-state index is 0.224. The molecule has 4 rings (SSSR count). The van der Waals surface area contributed by atoms with Gasteiger partial charge in [-0.3, -0.25) is 14.6 Å². The molecule has 30 heavy (non-hydrogen) atoms.